The van der Waals surface area contributed by atoms with E-state index in [2.05, 4.69) is 15.2 Å². The number of amides is 1. The highest BCUT2D eigenvalue weighted by atomic mass is 19.1. The molecular formula is C18H30FN5O. The molecule has 7 heteroatoms. The number of likely N-dealkylation sites (tertiary alicyclic amines) is 1. The van der Waals surface area contributed by atoms with Crippen molar-refractivity contribution in [1.82, 2.24) is 24.7 Å². The van der Waals surface area contributed by atoms with Crippen LogP contribution in [0.3, 0.4) is 0 Å². The van der Waals surface area contributed by atoms with Crippen LogP contribution in [0.15, 0.2) is 12.4 Å². The van der Waals surface area contributed by atoms with Crippen molar-refractivity contribution in [3.05, 3.63) is 18.2 Å². The molecule has 25 heavy (non-hydrogen) atoms. The fourth-order valence-corrected chi connectivity index (χ4v) is 3.72. The van der Waals surface area contributed by atoms with Gasteiger partial charge in [0.1, 0.15) is 12.0 Å². The highest BCUT2D eigenvalue weighted by molar-refractivity contribution is 5.77. The first-order valence-electron chi connectivity index (χ1n) is 9.31. The van der Waals surface area contributed by atoms with Crippen LogP contribution in [0.1, 0.15) is 31.5 Å². The van der Waals surface area contributed by atoms with E-state index in [1.807, 2.05) is 29.8 Å². The largest absolute Gasteiger partial charge is 0.355 e. The molecule has 0 aromatic carbocycles. The Labute approximate surface area is 149 Å². The van der Waals surface area contributed by atoms with E-state index in [0.717, 1.165) is 12.4 Å². The first-order valence-corrected chi connectivity index (χ1v) is 9.31. The summed E-state index contributed by atoms with van der Waals surface area (Å²) in [6.45, 7) is 2.96. The number of halogens is 1. The number of aromatic nitrogens is 2. The molecule has 2 aliphatic rings. The van der Waals surface area contributed by atoms with Crippen LogP contribution in [0, 0.1) is 5.92 Å². The van der Waals surface area contributed by atoms with Gasteiger partial charge in [0.05, 0.1) is 13.1 Å². The Morgan fingerprint density at radius 3 is 2.92 bits per heavy atom. The minimum atomic E-state index is -0.800. The van der Waals surface area contributed by atoms with Crippen LogP contribution < -0.4 is 5.32 Å². The smallest absolute Gasteiger partial charge is 0.234 e. The Hall–Kier alpha value is -1.47. The van der Waals surface area contributed by atoms with Crippen molar-refractivity contribution in [2.45, 2.75) is 44.4 Å². The van der Waals surface area contributed by atoms with Crippen molar-refractivity contribution in [3.63, 3.8) is 0 Å². The number of aryl methyl sites for hydroxylation is 1. The zero-order chi connectivity index (χ0) is 17.8. The normalized spacial score (nSPS) is 24.6. The maximum atomic E-state index is 14.0. The lowest BCUT2D eigenvalue weighted by atomic mass is 9.85. The number of alkyl halides is 1. The predicted molar refractivity (Wildman–Crippen MR) is 94.8 cm³/mol. The second-order valence-electron chi connectivity index (χ2n) is 7.67. The van der Waals surface area contributed by atoms with E-state index in [0.29, 0.717) is 38.5 Å². The number of hydrogen-bond donors (Lipinski definition) is 1. The predicted octanol–water partition coefficient (Wildman–Crippen LogP) is 1.18. The summed E-state index contributed by atoms with van der Waals surface area (Å²) in [5.74, 6) is 1.68. The van der Waals surface area contributed by atoms with E-state index < -0.39 is 6.17 Å². The number of carbonyl (C=O) groups excluding carboxylic acids is 1. The van der Waals surface area contributed by atoms with Gasteiger partial charge in [-0.25, -0.2) is 9.37 Å². The molecule has 1 aromatic rings. The first-order chi connectivity index (χ1) is 12.0. The molecule has 1 aliphatic heterocycles. The monoisotopic (exact) mass is 351 g/mol. The first kappa shape index (κ1) is 18.3. The number of carbonyl (C=O) groups is 1. The molecule has 0 radical (unpaired) electrons. The maximum absolute atomic E-state index is 14.0. The van der Waals surface area contributed by atoms with Crippen LogP contribution >= 0.6 is 0 Å². The van der Waals surface area contributed by atoms with Gasteiger partial charge in [0, 0.05) is 45.1 Å². The minimum Gasteiger partial charge on any atom is -0.355 e. The third kappa shape index (κ3) is 5.01. The van der Waals surface area contributed by atoms with E-state index in [-0.39, 0.29) is 11.9 Å². The lowest BCUT2D eigenvalue weighted by molar-refractivity contribution is -0.122. The fourth-order valence-electron chi connectivity index (χ4n) is 3.72. The number of hydrogen-bond acceptors (Lipinski definition) is 4. The molecule has 2 heterocycles. The Kier molecular flexibility index (Phi) is 6.06. The van der Waals surface area contributed by atoms with Crippen LogP contribution in [0.5, 0.6) is 0 Å². The summed E-state index contributed by atoms with van der Waals surface area (Å²) in [4.78, 5) is 20.6. The lowest BCUT2D eigenvalue weighted by Crippen LogP contribution is -2.43. The van der Waals surface area contributed by atoms with Crippen molar-refractivity contribution in [2.75, 3.05) is 33.2 Å². The molecule has 1 N–H and O–H groups in total. The molecule has 1 saturated carbocycles. The summed E-state index contributed by atoms with van der Waals surface area (Å²) in [6.07, 6.45) is 7.16. The second kappa shape index (κ2) is 8.27. The zero-order valence-corrected chi connectivity index (χ0v) is 15.3. The summed E-state index contributed by atoms with van der Waals surface area (Å²) in [7, 11) is 3.90. The van der Waals surface area contributed by atoms with Gasteiger partial charge < -0.3 is 9.88 Å². The average molecular weight is 351 g/mol. The average Bonchev–Trinajstić information content (AvgIpc) is 3.04. The van der Waals surface area contributed by atoms with Crippen LogP contribution in [0.4, 0.5) is 4.39 Å². The summed E-state index contributed by atoms with van der Waals surface area (Å²) < 4.78 is 15.9. The lowest BCUT2D eigenvalue weighted by Gasteiger charge is -2.28. The van der Waals surface area contributed by atoms with Gasteiger partial charge in [-0.3, -0.25) is 14.6 Å². The molecule has 140 valence electrons. The summed E-state index contributed by atoms with van der Waals surface area (Å²) in [6, 6.07) is 0.121. The van der Waals surface area contributed by atoms with Crippen molar-refractivity contribution in [3.8, 4) is 0 Å². The summed E-state index contributed by atoms with van der Waals surface area (Å²) in [5, 5.41) is 3.02. The molecule has 1 amide bonds. The van der Waals surface area contributed by atoms with Gasteiger partial charge in [-0.05, 0) is 32.2 Å². The van der Waals surface area contributed by atoms with Gasteiger partial charge in [-0.15, -0.1) is 0 Å². The molecule has 3 rings (SSSR count). The minimum absolute atomic E-state index is 0.0693. The Balaban J connectivity index is 1.45. The van der Waals surface area contributed by atoms with E-state index in [1.165, 1.54) is 19.3 Å². The molecule has 2 fully saturated rings. The van der Waals surface area contributed by atoms with Gasteiger partial charge in [0.15, 0.2) is 0 Å². The van der Waals surface area contributed by atoms with Crippen LogP contribution in [-0.2, 0) is 18.4 Å². The molecule has 1 aromatic heterocycles. The highest BCUT2D eigenvalue weighted by Crippen LogP contribution is 2.25. The zero-order valence-electron chi connectivity index (χ0n) is 15.3. The van der Waals surface area contributed by atoms with E-state index in [4.69, 9.17) is 0 Å². The standard InChI is InChI=1S/C18H30FN5O/c1-22(13-18(25)21-9-14-4-3-5-14)11-16-8-15(19)10-24(16)12-17-20-6-7-23(17)2/h6-7,14-16H,3-5,8-13H2,1-2H3,(H,21,25)/t15-,16-/m0/s1. The van der Waals surface area contributed by atoms with Gasteiger partial charge in [-0.1, -0.05) is 6.42 Å². The van der Waals surface area contributed by atoms with Crippen molar-refractivity contribution in [2.24, 2.45) is 13.0 Å². The number of nitrogens with zero attached hydrogens (tertiary/aromatic N) is 4. The van der Waals surface area contributed by atoms with E-state index >= 15 is 0 Å². The van der Waals surface area contributed by atoms with Gasteiger partial charge >= 0.3 is 0 Å². The van der Waals surface area contributed by atoms with Crippen molar-refractivity contribution in [1.29, 1.82) is 0 Å². The van der Waals surface area contributed by atoms with Crippen LogP contribution in [0.25, 0.3) is 0 Å². The van der Waals surface area contributed by atoms with Gasteiger partial charge in [-0.2, -0.15) is 0 Å². The molecule has 0 bridgehead atoms. The SMILES string of the molecule is CN(CC(=O)NCC1CCC1)C[C@@H]1C[C@H](F)CN1Cc1nccn1C. The highest BCUT2D eigenvalue weighted by Gasteiger charge is 2.33. The summed E-state index contributed by atoms with van der Waals surface area (Å²) in [5.41, 5.74) is 0. The van der Waals surface area contributed by atoms with Gasteiger partial charge in [0.25, 0.3) is 0 Å². The molecular weight excluding hydrogens is 321 g/mol. The van der Waals surface area contributed by atoms with E-state index in [1.54, 1.807) is 6.20 Å². The third-order valence-corrected chi connectivity index (χ3v) is 5.49. The molecule has 1 saturated heterocycles. The van der Waals surface area contributed by atoms with Gasteiger partial charge in [0.2, 0.25) is 5.91 Å². The number of nitrogens with one attached hydrogen (secondary N) is 1. The molecule has 0 unspecified atom stereocenters. The fraction of sp³-hybridized carbons (Fsp3) is 0.778. The Morgan fingerprint density at radius 1 is 1.48 bits per heavy atom. The molecule has 6 nitrogen and oxygen atoms in total. The van der Waals surface area contributed by atoms with Crippen LogP contribution in [-0.4, -0.2) is 70.7 Å². The van der Waals surface area contributed by atoms with Crippen LogP contribution in [0.2, 0.25) is 0 Å². The quantitative estimate of drug-likeness (QED) is 0.764. The number of likely N-dealkylation sites (N-methyl/N-ethyl adjacent to an activating group) is 1. The number of imidazole rings is 1. The van der Waals surface area contributed by atoms with Crippen molar-refractivity contribution < 1.29 is 9.18 Å². The molecule has 0 spiro atoms. The number of rotatable bonds is 8. The molecule has 1 aliphatic carbocycles. The maximum Gasteiger partial charge on any atom is 0.234 e. The topological polar surface area (TPSA) is 53.4 Å². The molecule has 2 atom stereocenters. The Morgan fingerprint density at radius 2 is 2.28 bits per heavy atom. The summed E-state index contributed by atoms with van der Waals surface area (Å²) >= 11 is 0. The Bertz CT molecular complexity index is 574. The third-order valence-electron chi connectivity index (χ3n) is 5.49. The van der Waals surface area contributed by atoms with E-state index in [9.17, 15) is 9.18 Å². The van der Waals surface area contributed by atoms with Crippen molar-refractivity contribution >= 4 is 5.91 Å². The second-order valence-corrected chi connectivity index (χ2v) is 7.67.